The van der Waals surface area contributed by atoms with Crippen LogP contribution in [0.4, 0.5) is 17.1 Å². The Hall–Kier alpha value is -6.86. The van der Waals surface area contributed by atoms with Gasteiger partial charge in [-0.15, -0.1) is 16.3 Å². The molecule has 0 fully saturated rings. The number of carbonyl (C=O) groups excluding carboxylic acids is 3. The summed E-state index contributed by atoms with van der Waals surface area (Å²) in [5, 5.41) is 79.0. The fraction of sp³-hybridized carbons (Fsp3) is 0.679. The maximum atomic E-state index is 11.3. The van der Waals surface area contributed by atoms with E-state index in [0.29, 0.717) is 32.1 Å². The van der Waals surface area contributed by atoms with Crippen LogP contribution in [0.2, 0.25) is 0 Å². The molecule has 1 aromatic carbocycles. The van der Waals surface area contributed by atoms with Crippen molar-refractivity contribution in [3.8, 4) is 0 Å². The number of anilines is 1. The van der Waals surface area contributed by atoms with Gasteiger partial charge in [0.1, 0.15) is 16.1 Å². The second-order valence-corrected chi connectivity index (χ2v) is 12.2. The summed E-state index contributed by atoms with van der Waals surface area (Å²) in [5.74, 6) is -1.55. The van der Waals surface area contributed by atoms with Gasteiger partial charge in [0.15, 0.2) is 33.0 Å². The number of hydrogen-bond donors (Lipinski definition) is 7. The van der Waals surface area contributed by atoms with Crippen molar-refractivity contribution in [3.63, 3.8) is 0 Å². The molecule has 31 nitrogen and oxygen atoms in total. The van der Waals surface area contributed by atoms with Crippen molar-refractivity contribution in [2.24, 2.45) is 0 Å². The number of carbonyl (C=O) groups is 3. The molecular formula is C28H50N14O17S. The van der Waals surface area contributed by atoms with Crippen molar-refractivity contribution in [2.45, 2.75) is 76.4 Å². The van der Waals surface area contributed by atoms with Gasteiger partial charge in [-0.3, -0.25) is 54.8 Å². The number of nitrogens with zero attached hydrogens (tertiary/aromatic N) is 7. The van der Waals surface area contributed by atoms with Crippen molar-refractivity contribution < 1.29 is 48.6 Å². The molecule has 32 heteroatoms. The summed E-state index contributed by atoms with van der Waals surface area (Å²) in [5.41, 5.74) is 5.29. The molecule has 60 heavy (non-hydrogen) atoms. The highest BCUT2D eigenvalue weighted by atomic mass is 32.2. The molecule has 7 N–H and O–H groups in total. The first kappa shape index (κ1) is 57.5. The minimum absolute atomic E-state index is 0.101. The van der Waals surface area contributed by atoms with E-state index in [2.05, 4.69) is 26.7 Å². The van der Waals surface area contributed by atoms with E-state index in [-0.39, 0.29) is 53.5 Å². The zero-order valence-electron chi connectivity index (χ0n) is 33.2. The maximum absolute atomic E-state index is 11.3. The third-order valence-corrected chi connectivity index (χ3v) is 7.85. The smallest absolute Gasteiger partial charge is 0.299 e. The Morgan fingerprint density at radius 1 is 0.650 bits per heavy atom. The van der Waals surface area contributed by atoms with Gasteiger partial charge >= 0.3 is 0 Å². The van der Waals surface area contributed by atoms with Crippen LogP contribution in [-0.2, 0) is 14.4 Å². The molecule has 0 aromatic heterocycles. The molecule has 0 aliphatic heterocycles. The molecule has 1 rings (SSSR count). The van der Waals surface area contributed by atoms with E-state index in [0.717, 1.165) is 25.5 Å². The lowest BCUT2D eigenvalue weighted by Crippen LogP contribution is -2.47. The number of hydrogen-bond acceptors (Lipinski definition) is 20. The first-order valence-electron chi connectivity index (χ1n) is 17.4. The molecule has 0 aliphatic rings. The van der Waals surface area contributed by atoms with Gasteiger partial charge in [0.2, 0.25) is 30.3 Å². The van der Waals surface area contributed by atoms with Crippen LogP contribution in [0.25, 0.3) is 0 Å². The Kier molecular flexibility index (Phi) is 32.8. The zero-order chi connectivity index (χ0) is 46.8. The van der Waals surface area contributed by atoms with Crippen molar-refractivity contribution in [2.75, 3.05) is 52.3 Å². The predicted octanol–water partition coefficient (Wildman–Crippen LogP) is 0.576. The number of hydrazine groups is 3. The van der Waals surface area contributed by atoms with Crippen LogP contribution < -0.4 is 37.5 Å². The van der Waals surface area contributed by atoms with Gasteiger partial charge in [-0.2, -0.15) is 0 Å². The lowest BCUT2D eigenvalue weighted by molar-refractivity contribution is -0.548. The Balaban J connectivity index is -0.000000724. The van der Waals surface area contributed by atoms with E-state index in [4.69, 9.17) is 0 Å². The molecule has 340 valence electrons. The third kappa shape index (κ3) is 30.3. The number of ketones is 1. The van der Waals surface area contributed by atoms with E-state index >= 15 is 0 Å². The highest BCUT2D eigenvalue weighted by Crippen LogP contribution is 2.28. The fourth-order valence-electron chi connectivity index (χ4n) is 4.25. The van der Waals surface area contributed by atoms with E-state index in [9.17, 15) is 85.2 Å². The molecule has 3 atom stereocenters. The minimum atomic E-state index is -1.22. The summed E-state index contributed by atoms with van der Waals surface area (Å²) < 4.78 is -0.725. The predicted molar refractivity (Wildman–Crippen MR) is 212 cm³/mol. The van der Waals surface area contributed by atoms with E-state index < -0.39 is 64.1 Å². The molecule has 0 spiro atoms. The van der Waals surface area contributed by atoms with Gasteiger partial charge in [-0.05, 0) is 51.8 Å². The molecule has 0 saturated heterocycles. The average molecular weight is 887 g/mol. The first-order valence-corrected chi connectivity index (χ1v) is 18.4. The van der Waals surface area contributed by atoms with Gasteiger partial charge in [0.25, 0.3) is 11.4 Å². The SMILES string of the molecule is CCC(=O)[C@H](CCCCNC)N[N+](=O)[O-].CNC(=O)[C@H](CCCCC[N+](=O)[O-])N[N+](=O)[O-].CNC(=O)[C@H](CS[N+](=O)[O-])N[N+](=O)[O-].CNc1ccc([N+](=O)[O-])cc1[N+](=O)[O-]. The zero-order valence-corrected chi connectivity index (χ0v) is 34.0. The van der Waals surface area contributed by atoms with Crippen LogP contribution >= 0.6 is 11.9 Å². The van der Waals surface area contributed by atoms with E-state index in [1.54, 1.807) is 12.3 Å². The number of Topliss-reactive ketones (excluding diaryl/α,β-unsaturated/α-hetero) is 1. The largest absolute Gasteiger partial charge is 0.383 e. The molecule has 0 radical (unpaired) electrons. The number of benzene rings is 1. The van der Waals surface area contributed by atoms with Crippen molar-refractivity contribution in [1.29, 1.82) is 0 Å². The lowest BCUT2D eigenvalue weighted by atomic mass is 10.0. The molecule has 0 aliphatic carbocycles. The number of unbranched alkanes of at least 4 members (excludes halogenated alkanes) is 3. The summed E-state index contributed by atoms with van der Waals surface area (Å²) in [6.07, 6.45) is 4.35. The summed E-state index contributed by atoms with van der Waals surface area (Å²) in [6, 6.07) is 0.680. The second kappa shape index (κ2) is 34.2. The van der Waals surface area contributed by atoms with Gasteiger partial charge in [-0.1, -0.05) is 13.3 Å². The molecule has 0 saturated carbocycles. The van der Waals surface area contributed by atoms with E-state index in [1.165, 1.54) is 33.3 Å². The van der Waals surface area contributed by atoms with Gasteiger partial charge < -0.3 is 21.3 Å². The number of likely N-dealkylation sites (N-methyl/N-ethyl adjacent to an activating group) is 2. The number of nitro groups is 7. The number of nitrogens with one attached hydrogen (secondary N) is 7. The average Bonchev–Trinajstić information content (AvgIpc) is 3.18. The molecule has 0 unspecified atom stereocenters. The third-order valence-electron chi connectivity index (χ3n) is 7.15. The van der Waals surface area contributed by atoms with Crippen LogP contribution in [0.1, 0.15) is 58.3 Å². The molecule has 0 bridgehead atoms. The Morgan fingerprint density at radius 3 is 1.58 bits per heavy atom. The second-order valence-electron chi connectivity index (χ2n) is 11.4. The highest BCUT2D eigenvalue weighted by Gasteiger charge is 2.25. The number of rotatable bonds is 27. The fourth-order valence-corrected chi connectivity index (χ4v) is 4.74. The van der Waals surface area contributed by atoms with E-state index in [1.807, 2.05) is 12.5 Å². The normalized spacial score (nSPS) is 11.2. The highest BCUT2D eigenvalue weighted by molar-refractivity contribution is 7.93. The monoisotopic (exact) mass is 886 g/mol. The number of amides is 2. The van der Waals surface area contributed by atoms with Crippen molar-refractivity contribution in [3.05, 3.63) is 89.0 Å². The van der Waals surface area contributed by atoms with Gasteiger partial charge in [0.05, 0.1) is 21.7 Å². The van der Waals surface area contributed by atoms with Gasteiger partial charge in [0, 0.05) is 45.0 Å². The Morgan fingerprint density at radius 2 is 1.15 bits per heavy atom. The Labute approximate surface area is 345 Å². The maximum Gasteiger partial charge on any atom is 0.299 e. The summed E-state index contributed by atoms with van der Waals surface area (Å²) in [7, 11) is 6.04. The molecule has 1 aromatic rings. The molecule has 0 heterocycles. The van der Waals surface area contributed by atoms with Crippen LogP contribution in [0.5, 0.6) is 0 Å². The van der Waals surface area contributed by atoms with Crippen LogP contribution in [-0.4, -0.2) is 117 Å². The lowest BCUT2D eigenvalue weighted by Gasteiger charge is -2.11. The van der Waals surface area contributed by atoms with Crippen LogP contribution in [0.15, 0.2) is 18.2 Å². The van der Waals surface area contributed by atoms with Crippen LogP contribution in [0, 0.1) is 70.8 Å². The first-order chi connectivity index (χ1) is 28.1. The summed E-state index contributed by atoms with van der Waals surface area (Å²) in [4.78, 5) is 103. The summed E-state index contributed by atoms with van der Waals surface area (Å²) in [6.45, 7) is 2.46. The Bertz CT molecular complexity index is 1580. The molecule has 2 amide bonds. The number of non-ortho nitro benzene ring substituents is 1. The van der Waals surface area contributed by atoms with Crippen molar-refractivity contribution >= 4 is 46.6 Å². The van der Waals surface area contributed by atoms with Crippen molar-refractivity contribution in [1.82, 2.24) is 32.2 Å². The topological polar surface area (TPSA) is 437 Å². The standard InChI is InChI=1S/C9H19N3O3.C8H16N4O5.C7H7N3O4.C4H8N4O5S/c1-3-9(13)8(11-12(14)15)6-4-5-7-10-2;1-9-8(13)7(10-12(16)17)5-3-2-4-6-11(14)15;1-8-6-3-2-5(9(11)12)4-7(6)10(13)14;1-5-4(9)3(6-7(10)11)2-14-8(12)13/h8,10-11H,3-7H2,1-2H3;7,10H,2-6H2,1H3,(H,9,13);2-4,8H,1H3;3,6H,2H2,1H3,(H,5,9)/t8-;7-;;3-/m00.0/s1. The summed E-state index contributed by atoms with van der Waals surface area (Å²) >= 11 is 0.219. The van der Waals surface area contributed by atoms with Gasteiger partial charge in [-0.25, -0.2) is 30.3 Å². The quantitative estimate of drug-likeness (QED) is 0.0275. The number of nitro benzene ring substituents is 2. The molecular weight excluding hydrogens is 836 g/mol. The minimum Gasteiger partial charge on any atom is -0.383 e. The van der Waals surface area contributed by atoms with Crippen LogP contribution in [0.3, 0.4) is 0 Å².